The van der Waals surface area contributed by atoms with E-state index >= 15 is 0 Å². The van der Waals surface area contributed by atoms with Gasteiger partial charge in [-0.2, -0.15) is 4.57 Å². The maximum absolute atomic E-state index is 13.3. The molecule has 0 bridgehead atoms. The molecule has 0 aliphatic heterocycles. The van der Waals surface area contributed by atoms with E-state index in [1.165, 1.54) is 24.8 Å². The number of pyridine rings is 1. The molecule has 4 aliphatic carbocycles. The summed E-state index contributed by atoms with van der Waals surface area (Å²) in [6.45, 7) is 5.43. The lowest BCUT2D eigenvalue weighted by Crippen LogP contribution is -2.51. The van der Waals surface area contributed by atoms with Crippen LogP contribution in [0.1, 0.15) is 65.2 Å². The maximum Gasteiger partial charge on any atom is 0.206 e. The third-order valence-corrected chi connectivity index (χ3v) is 9.58. The Labute approximate surface area is 175 Å². The molecule has 3 nitrogen and oxygen atoms in total. The summed E-state index contributed by atoms with van der Waals surface area (Å²) in [6.07, 6.45) is 15.3. The summed E-state index contributed by atoms with van der Waals surface area (Å²) in [4.78, 5) is 13.3. The van der Waals surface area contributed by atoms with Crippen molar-refractivity contribution < 1.29 is 14.5 Å². The summed E-state index contributed by atoms with van der Waals surface area (Å²) in [6, 6.07) is 6.02. The van der Waals surface area contributed by atoms with Crippen molar-refractivity contribution in [3.05, 3.63) is 42.2 Å². The molecule has 3 heteroatoms. The Bertz CT molecular complexity index is 817. The third-order valence-electron chi connectivity index (χ3n) is 9.58. The van der Waals surface area contributed by atoms with Crippen molar-refractivity contribution in [2.75, 3.05) is 0 Å². The highest BCUT2D eigenvalue weighted by Gasteiger charge is 2.59. The van der Waals surface area contributed by atoms with E-state index in [2.05, 4.69) is 19.9 Å². The summed E-state index contributed by atoms with van der Waals surface area (Å²) in [5.74, 6) is 2.79. The zero-order chi connectivity index (χ0) is 20.2. The number of aromatic nitrogens is 1. The number of rotatable bonds is 3. The van der Waals surface area contributed by atoms with Crippen LogP contribution in [-0.2, 0) is 11.3 Å². The van der Waals surface area contributed by atoms with Crippen LogP contribution in [0.2, 0.25) is 0 Å². The maximum atomic E-state index is 13.3. The van der Waals surface area contributed by atoms with Gasteiger partial charge in [-0.05, 0) is 80.0 Å². The Kier molecular flexibility index (Phi) is 4.73. The predicted molar refractivity (Wildman–Crippen MR) is 113 cm³/mol. The molecule has 0 unspecified atom stereocenters. The number of hydrogen-bond donors (Lipinski definition) is 1. The second-order valence-corrected chi connectivity index (χ2v) is 10.8. The van der Waals surface area contributed by atoms with Gasteiger partial charge in [-0.15, -0.1) is 0 Å². The number of nitrogens with zero attached hydrogens (tertiary/aromatic N) is 1. The Morgan fingerprint density at radius 1 is 1.07 bits per heavy atom. The molecular formula is C26H36NO2+. The van der Waals surface area contributed by atoms with Gasteiger partial charge in [-0.25, -0.2) is 0 Å². The van der Waals surface area contributed by atoms with Crippen LogP contribution in [0.4, 0.5) is 0 Å². The average molecular weight is 395 g/mol. The lowest BCUT2D eigenvalue weighted by molar-refractivity contribution is -0.684. The standard InChI is InChI=1S/C26H36NO2/c1-25-12-10-19(28)16-18(25)6-7-20-21-8-9-23(26(21,2)13-11-22(20)25)24(29)17-27-14-4-3-5-15-27/h3-6,14-15,19-23,28H,7-13,16-17H2,1-2H3/q+1/t19-,20+,21+,22+,23-,25-,26+/m0/s1. The van der Waals surface area contributed by atoms with Crippen LogP contribution >= 0.6 is 0 Å². The molecule has 0 aromatic carbocycles. The predicted octanol–water partition coefficient (Wildman–Crippen LogP) is 4.48. The van der Waals surface area contributed by atoms with Gasteiger partial charge in [0.2, 0.25) is 12.3 Å². The number of hydrogen-bond acceptors (Lipinski definition) is 2. The van der Waals surface area contributed by atoms with E-state index in [-0.39, 0.29) is 22.9 Å². The van der Waals surface area contributed by atoms with E-state index < -0.39 is 0 Å². The van der Waals surface area contributed by atoms with Crippen molar-refractivity contribution in [2.24, 2.45) is 34.5 Å². The van der Waals surface area contributed by atoms with Gasteiger partial charge in [-0.1, -0.05) is 31.6 Å². The molecule has 0 saturated heterocycles. The molecule has 1 aromatic heterocycles. The molecule has 4 aliphatic rings. The van der Waals surface area contributed by atoms with E-state index in [0.717, 1.165) is 43.9 Å². The van der Waals surface area contributed by atoms with Crippen LogP contribution in [-0.4, -0.2) is 17.0 Å². The molecule has 7 atom stereocenters. The second kappa shape index (κ2) is 7.04. The van der Waals surface area contributed by atoms with Crippen LogP contribution in [0, 0.1) is 34.5 Å². The van der Waals surface area contributed by atoms with E-state index in [1.54, 1.807) is 0 Å². The monoisotopic (exact) mass is 394 g/mol. The number of fused-ring (bicyclic) bond motifs is 5. The SMILES string of the molecule is C[C@@]12CC[C@@H]3[C@H](CC=C4C[C@@H](O)CC[C@@]43C)[C@H]1CC[C@H]2C(=O)C[n+]1ccccc1. The van der Waals surface area contributed by atoms with Crippen molar-refractivity contribution in [1.29, 1.82) is 0 Å². The van der Waals surface area contributed by atoms with Crippen LogP contribution in [0.15, 0.2) is 42.2 Å². The van der Waals surface area contributed by atoms with Crippen LogP contribution in [0.25, 0.3) is 0 Å². The van der Waals surface area contributed by atoms with E-state index in [4.69, 9.17) is 0 Å². The van der Waals surface area contributed by atoms with E-state index in [0.29, 0.717) is 18.2 Å². The molecule has 0 radical (unpaired) electrons. The summed E-state index contributed by atoms with van der Waals surface area (Å²) in [5.41, 5.74) is 1.99. The number of carbonyl (C=O) groups excluding carboxylic acids is 1. The summed E-state index contributed by atoms with van der Waals surface area (Å²) in [5, 5.41) is 10.2. The first kappa shape index (κ1) is 19.5. The molecule has 1 N–H and O–H groups in total. The van der Waals surface area contributed by atoms with Crippen LogP contribution in [0.5, 0.6) is 0 Å². The number of carbonyl (C=O) groups is 1. The van der Waals surface area contributed by atoms with Crippen LogP contribution in [0.3, 0.4) is 0 Å². The molecular weight excluding hydrogens is 358 g/mol. The minimum atomic E-state index is -0.135. The average Bonchev–Trinajstić information content (AvgIpc) is 3.06. The number of allylic oxidation sites excluding steroid dienone is 1. The Morgan fingerprint density at radius 3 is 2.66 bits per heavy atom. The largest absolute Gasteiger partial charge is 0.393 e. The Balaban J connectivity index is 1.38. The summed E-state index contributed by atoms with van der Waals surface area (Å²) < 4.78 is 2.04. The van der Waals surface area contributed by atoms with Gasteiger partial charge < -0.3 is 5.11 Å². The number of aliphatic hydroxyl groups is 1. The van der Waals surface area contributed by atoms with E-state index in [9.17, 15) is 9.90 Å². The normalized spacial score (nSPS) is 43.7. The number of Topliss-reactive ketones (excluding diaryl/α,β-unsaturated/α-hetero) is 1. The highest BCUT2D eigenvalue weighted by molar-refractivity contribution is 5.81. The van der Waals surface area contributed by atoms with Gasteiger partial charge in [0.15, 0.2) is 12.4 Å². The summed E-state index contributed by atoms with van der Waals surface area (Å²) >= 11 is 0. The van der Waals surface area contributed by atoms with Crippen molar-refractivity contribution >= 4 is 5.78 Å². The smallest absolute Gasteiger partial charge is 0.206 e. The fourth-order valence-electron chi connectivity index (χ4n) is 8.00. The van der Waals surface area contributed by atoms with Gasteiger partial charge in [0.25, 0.3) is 0 Å². The minimum absolute atomic E-state index is 0.135. The first-order valence-electron chi connectivity index (χ1n) is 11.8. The quantitative estimate of drug-likeness (QED) is 0.606. The van der Waals surface area contributed by atoms with Gasteiger partial charge in [0, 0.05) is 18.1 Å². The second-order valence-electron chi connectivity index (χ2n) is 10.8. The van der Waals surface area contributed by atoms with Gasteiger partial charge >= 0.3 is 0 Å². The highest BCUT2D eigenvalue weighted by atomic mass is 16.3. The first-order valence-corrected chi connectivity index (χ1v) is 11.8. The third kappa shape index (κ3) is 3.03. The first-order chi connectivity index (χ1) is 13.9. The summed E-state index contributed by atoms with van der Waals surface area (Å²) in [7, 11) is 0. The molecule has 0 amide bonds. The molecule has 156 valence electrons. The number of aliphatic hydroxyl groups excluding tert-OH is 1. The molecule has 0 spiro atoms. The minimum Gasteiger partial charge on any atom is -0.393 e. The Hall–Kier alpha value is -1.48. The van der Waals surface area contributed by atoms with Gasteiger partial charge in [-0.3, -0.25) is 4.79 Å². The molecule has 3 fully saturated rings. The zero-order valence-electron chi connectivity index (χ0n) is 18.0. The molecule has 1 aromatic rings. The molecule has 5 rings (SSSR count). The Morgan fingerprint density at radius 2 is 1.86 bits per heavy atom. The van der Waals surface area contributed by atoms with Gasteiger partial charge in [0.05, 0.1) is 6.10 Å². The number of ketones is 1. The lowest BCUT2D eigenvalue weighted by Gasteiger charge is -2.57. The lowest BCUT2D eigenvalue weighted by atomic mass is 9.47. The fraction of sp³-hybridized carbons (Fsp3) is 0.692. The zero-order valence-corrected chi connectivity index (χ0v) is 18.0. The van der Waals surface area contributed by atoms with Crippen molar-refractivity contribution in [3.8, 4) is 0 Å². The molecule has 1 heterocycles. The topological polar surface area (TPSA) is 41.2 Å². The molecule has 29 heavy (non-hydrogen) atoms. The molecule has 3 saturated carbocycles. The van der Waals surface area contributed by atoms with Crippen molar-refractivity contribution in [1.82, 2.24) is 0 Å². The van der Waals surface area contributed by atoms with Crippen LogP contribution < -0.4 is 4.57 Å². The van der Waals surface area contributed by atoms with Crippen molar-refractivity contribution in [2.45, 2.75) is 77.9 Å². The van der Waals surface area contributed by atoms with Crippen molar-refractivity contribution in [3.63, 3.8) is 0 Å². The fourth-order valence-corrected chi connectivity index (χ4v) is 8.00. The van der Waals surface area contributed by atoms with E-state index in [1.807, 2.05) is 35.2 Å². The van der Waals surface area contributed by atoms with Gasteiger partial charge in [0.1, 0.15) is 0 Å². The highest BCUT2D eigenvalue weighted by Crippen LogP contribution is 2.66.